The van der Waals surface area contributed by atoms with Crippen LogP contribution in [-0.2, 0) is 20.1 Å². The Morgan fingerprint density at radius 2 is 1.83 bits per heavy atom. The lowest BCUT2D eigenvalue weighted by Crippen LogP contribution is -2.44. The fourth-order valence-electron chi connectivity index (χ4n) is 4.94. The molecule has 2 aliphatic heterocycles. The van der Waals surface area contributed by atoms with Gasteiger partial charge in [-0.1, -0.05) is 18.2 Å². The Kier molecular flexibility index (Phi) is 5.58. The molecule has 0 spiro atoms. The van der Waals surface area contributed by atoms with Gasteiger partial charge in [-0.3, -0.25) is 4.79 Å². The number of hydrogen-bond acceptors (Lipinski definition) is 7. The van der Waals surface area contributed by atoms with Crippen molar-refractivity contribution in [1.82, 2.24) is 19.6 Å². The van der Waals surface area contributed by atoms with E-state index in [4.69, 9.17) is 14.2 Å². The average molecular weight is 475 g/mol. The first kappa shape index (κ1) is 21.9. The molecular formula is C26H26N4O5. The third-order valence-corrected chi connectivity index (χ3v) is 6.78. The zero-order valence-corrected chi connectivity index (χ0v) is 19.3. The second kappa shape index (κ2) is 8.90. The lowest BCUT2D eigenvalue weighted by Gasteiger charge is -2.36. The van der Waals surface area contributed by atoms with E-state index in [2.05, 4.69) is 10.2 Å². The van der Waals surface area contributed by atoms with Crippen molar-refractivity contribution in [3.8, 4) is 0 Å². The normalized spacial score (nSPS) is 22.9. The number of ether oxygens (including phenoxy) is 3. The smallest absolute Gasteiger partial charge is 0.342 e. The monoisotopic (exact) mass is 474 g/mol. The van der Waals surface area contributed by atoms with Gasteiger partial charge in [0.05, 0.1) is 35.6 Å². The predicted octanol–water partition coefficient (Wildman–Crippen LogP) is 4.57. The fraction of sp³-hybridized carbons (Fsp3) is 0.385. The Morgan fingerprint density at radius 3 is 2.63 bits per heavy atom. The van der Waals surface area contributed by atoms with E-state index in [-0.39, 0.29) is 6.23 Å². The topological polar surface area (TPSA) is 97.5 Å². The van der Waals surface area contributed by atoms with Crippen molar-refractivity contribution in [3.05, 3.63) is 59.9 Å². The summed E-state index contributed by atoms with van der Waals surface area (Å²) in [6.45, 7) is 1.14. The quantitative estimate of drug-likeness (QED) is 0.309. The van der Waals surface area contributed by atoms with Gasteiger partial charge in [0, 0.05) is 29.4 Å². The minimum absolute atomic E-state index is 0.136. The highest BCUT2D eigenvalue weighted by molar-refractivity contribution is 5.94. The van der Waals surface area contributed by atoms with Gasteiger partial charge in [0.1, 0.15) is 6.29 Å². The van der Waals surface area contributed by atoms with Gasteiger partial charge in [-0.25, -0.2) is 9.48 Å². The molecule has 4 heterocycles. The van der Waals surface area contributed by atoms with E-state index in [0.717, 1.165) is 54.7 Å². The third kappa shape index (κ3) is 3.90. The summed E-state index contributed by atoms with van der Waals surface area (Å²) in [5.41, 5.74) is 2.41. The minimum atomic E-state index is -1.39. The van der Waals surface area contributed by atoms with Gasteiger partial charge in [-0.15, -0.1) is 0 Å². The third-order valence-electron chi connectivity index (χ3n) is 6.78. The van der Waals surface area contributed by atoms with E-state index in [9.17, 15) is 9.59 Å². The van der Waals surface area contributed by atoms with Crippen molar-refractivity contribution >= 4 is 34.1 Å². The molecule has 180 valence electrons. The van der Waals surface area contributed by atoms with Crippen LogP contribution in [0.3, 0.4) is 0 Å². The van der Waals surface area contributed by atoms with E-state index in [1.165, 1.54) is 0 Å². The Labute approximate surface area is 201 Å². The highest BCUT2D eigenvalue weighted by Gasteiger charge is 2.42. The van der Waals surface area contributed by atoms with Crippen LogP contribution in [0, 0.1) is 0 Å². The fourth-order valence-corrected chi connectivity index (χ4v) is 4.94. The van der Waals surface area contributed by atoms with Crippen LogP contribution in [0.25, 0.3) is 21.8 Å². The van der Waals surface area contributed by atoms with Crippen LogP contribution < -0.4 is 0 Å². The predicted molar refractivity (Wildman–Crippen MR) is 127 cm³/mol. The molecule has 35 heavy (non-hydrogen) atoms. The maximum Gasteiger partial charge on any atom is 0.342 e. The van der Waals surface area contributed by atoms with Crippen LogP contribution in [0.15, 0.2) is 48.8 Å². The summed E-state index contributed by atoms with van der Waals surface area (Å²) in [7, 11) is 0. The molecule has 9 heteroatoms. The van der Waals surface area contributed by atoms with Crippen LogP contribution in [-0.4, -0.2) is 45.0 Å². The molecule has 2 aromatic carbocycles. The van der Waals surface area contributed by atoms with Crippen molar-refractivity contribution in [2.45, 2.75) is 50.7 Å². The van der Waals surface area contributed by atoms with Crippen molar-refractivity contribution in [2.24, 2.45) is 0 Å². The van der Waals surface area contributed by atoms with Crippen molar-refractivity contribution in [2.75, 3.05) is 13.2 Å². The summed E-state index contributed by atoms with van der Waals surface area (Å²) < 4.78 is 21.5. The van der Waals surface area contributed by atoms with E-state index in [0.29, 0.717) is 36.3 Å². The number of esters is 1. The highest BCUT2D eigenvalue weighted by Crippen LogP contribution is 2.35. The van der Waals surface area contributed by atoms with Crippen LogP contribution in [0.5, 0.6) is 0 Å². The number of hydrogen-bond donors (Lipinski definition) is 0. The molecule has 2 saturated heterocycles. The lowest BCUT2D eigenvalue weighted by atomic mass is 10.1. The van der Waals surface area contributed by atoms with Gasteiger partial charge in [0.15, 0.2) is 6.23 Å². The van der Waals surface area contributed by atoms with Crippen molar-refractivity contribution < 1.29 is 23.8 Å². The number of nitrogens with zero attached hydrogens (tertiary/aromatic N) is 4. The van der Waals surface area contributed by atoms with Crippen LogP contribution in [0.1, 0.15) is 65.5 Å². The van der Waals surface area contributed by atoms with Gasteiger partial charge in [0.2, 0.25) is 0 Å². The van der Waals surface area contributed by atoms with E-state index < -0.39 is 11.9 Å². The Balaban J connectivity index is 1.36. The Morgan fingerprint density at radius 1 is 1.00 bits per heavy atom. The van der Waals surface area contributed by atoms with Gasteiger partial charge in [-0.2, -0.15) is 14.9 Å². The Bertz CT molecular complexity index is 1400. The molecule has 4 aromatic rings. The zero-order valence-electron chi connectivity index (χ0n) is 19.3. The lowest BCUT2D eigenvalue weighted by molar-refractivity contribution is -0.284. The standard InChI is InChI=1S/C26H26N4O5/c31-17-18-6-7-21-16-28-30(23(21)13-18)26(10-2-4-12-34-26)35-25(32)19-8-9-20-15-27-29(22(20)14-19)24-5-1-3-11-33-24/h6-9,13-17,24H,1-5,10-12H2/t24-,26-/m0/s1. The van der Waals surface area contributed by atoms with Crippen LogP contribution in [0.2, 0.25) is 0 Å². The molecule has 2 atom stereocenters. The zero-order chi connectivity index (χ0) is 23.8. The highest BCUT2D eigenvalue weighted by atomic mass is 16.7. The minimum Gasteiger partial charge on any atom is -0.408 e. The number of rotatable bonds is 5. The molecule has 0 bridgehead atoms. The van der Waals surface area contributed by atoms with Gasteiger partial charge in [-0.05, 0) is 50.3 Å². The largest absolute Gasteiger partial charge is 0.408 e. The molecule has 9 nitrogen and oxygen atoms in total. The summed E-state index contributed by atoms with van der Waals surface area (Å²) in [6, 6.07) is 10.7. The SMILES string of the molecule is O=Cc1ccc2cnn([C@@]3(OC(=O)c4ccc5cnn([C@@H]6CCCCO6)c5c4)CCCCO3)c2c1. The molecule has 2 aromatic heterocycles. The number of carbonyl (C=O) groups excluding carboxylic acids is 2. The maximum absolute atomic E-state index is 13.5. The summed E-state index contributed by atoms with van der Waals surface area (Å²) in [4.78, 5) is 24.8. The number of aldehydes is 1. The molecule has 0 amide bonds. The first-order valence-corrected chi connectivity index (χ1v) is 12.1. The second-order valence-electron chi connectivity index (χ2n) is 9.08. The van der Waals surface area contributed by atoms with Crippen molar-refractivity contribution in [3.63, 3.8) is 0 Å². The first-order chi connectivity index (χ1) is 17.2. The van der Waals surface area contributed by atoms with Gasteiger partial charge in [0.25, 0.3) is 0 Å². The molecule has 6 rings (SSSR count). The number of carbonyl (C=O) groups is 2. The van der Waals surface area contributed by atoms with Crippen LogP contribution >= 0.6 is 0 Å². The molecule has 2 aliphatic rings. The first-order valence-electron chi connectivity index (χ1n) is 12.1. The average Bonchev–Trinajstić information content (AvgIpc) is 3.53. The van der Waals surface area contributed by atoms with E-state index in [1.807, 2.05) is 16.8 Å². The number of fused-ring (bicyclic) bond motifs is 2. The molecule has 0 unspecified atom stereocenters. The van der Waals surface area contributed by atoms with E-state index in [1.54, 1.807) is 41.3 Å². The van der Waals surface area contributed by atoms with Crippen molar-refractivity contribution in [1.29, 1.82) is 0 Å². The molecule has 2 fully saturated rings. The maximum atomic E-state index is 13.5. The summed E-state index contributed by atoms with van der Waals surface area (Å²) in [5, 5.41) is 10.8. The Hall–Kier alpha value is -3.56. The van der Waals surface area contributed by atoms with Gasteiger partial charge >= 0.3 is 11.9 Å². The van der Waals surface area contributed by atoms with E-state index >= 15 is 0 Å². The second-order valence-corrected chi connectivity index (χ2v) is 9.08. The van der Waals surface area contributed by atoms with Gasteiger partial charge < -0.3 is 14.2 Å². The number of aromatic nitrogens is 4. The molecule has 0 aliphatic carbocycles. The summed E-state index contributed by atoms with van der Waals surface area (Å²) in [5.74, 6) is -1.90. The molecule has 0 radical (unpaired) electrons. The molecule has 0 N–H and O–H groups in total. The molecule has 0 saturated carbocycles. The molecular weight excluding hydrogens is 448 g/mol. The van der Waals surface area contributed by atoms with Crippen LogP contribution in [0.4, 0.5) is 0 Å². The summed E-state index contributed by atoms with van der Waals surface area (Å²) in [6.07, 6.45) is 9.27. The summed E-state index contributed by atoms with van der Waals surface area (Å²) >= 11 is 0. The number of benzene rings is 2.